The molecule has 0 fully saturated rings. The van der Waals surface area contributed by atoms with Gasteiger partial charge in [-0.15, -0.1) is 0 Å². The van der Waals surface area contributed by atoms with Crippen LogP contribution in [0.4, 0.5) is 0 Å². The first-order chi connectivity index (χ1) is 26.3. The summed E-state index contributed by atoms with van der Waals surface area (Å²) in [5.41, 5.74) is 9.10. The topological polar surface area (TPSA) is 57.6 Å². The van der Waals surface area contributed by atoms with Crippen LogP contribution < -0.4 is 5.56 Å². The standard InChI is InChI=1S/C47H29N5O/c53-46-43-42-40(50(31-18-6-2-7-19-31)45(43)35-24-12-15-27-38(35)51(46)32-20-8-3-9-21-32)29-28-39-41(42)34-23-11-14-26-37(34)52(39)47-48-36-25-13-10-22-33(36)44(49-47)30-16-4-1-5-17-30/h1-29H. The van der Waals surface area contributed by atoms with Gasteiger partial charge in [0.25, 0.3) is 5.56 Å². The molecule has 11 aromatic rings. The van der Waals surface area contributed by atoms with E-state index in [1.165, 1.54) is 0 Å². The lowest BCUT2D eigenvalue weighted by atomic mass is 10.0. The molecule has 0 aliphatic heterocycles. The van der Waals surface area contributed by atoms with Gasteiger partial charge >= 0.3 is 0 Å². The molecule has 248 valence electrons. The summed E-state index contributed by atoms with van der Waals surface area (Å²) >= 11 is 0. The monoisotopic (exact) mass is 679 g/mol. The summed E-state index contributed by atoms with van der Waals surface area (Å²) in [6.07, 6.45) is 0. The molecular formula is C47H29N5O. The number of aromatic nitrogens is 5. The van der Waals surface area contributed by atoms with Crippen LogP contribution in [-0.4, -0.2) is 23.7 Å². The lowest BCUT2D eigenvalue weighted by Crippen LogP contribution is -2.19. The maximum Gasteiger partial charge on any atom is 0.265 e. The lowest BCUT2D eigenvalue weighted by molar-refractivity contribution is 1.01. The number of benzene rings is 7. The largest absolute Gasteiger partial charge is 0.308 e. The predicted octanol–water partition coefficient (Wildman–Crippen LogP) is 10.8. The Morgan fingerprint density at radius 1 is 0.377 bits per heavy atom. The van der Waals surface area contributed by atoms with Crippen molar-refractivity contribution in [2.24, 2.45) is 0 Å². The van der Waals surface area contributed by atoms with E-state index in [0.29, 0.717) is 11.3 Å². The van der Waals surface area contributed by atoms with Gasteiger partial charge < -0.3 is 4.57 Å². The van der Waals surface area contributed by atoms with Gasteiger partial charge in [0.1, 0.15) is 0 Å². The third kappa shape index (κ3) is 4.23. The van der Waals surface area contributed by atoms with Crippen LogP contribution in [0, 0.1) is 0 Å². The SMILES string of the molecule is O=c1c2c3c4c5ccccc5n(-c5nc(-c6ccccc6)c6ccccc6n5)c4ccc3n(-c3ccccc3)c2c2ccccc2n1-c1ccccc1. The summed E-state index contributed by atoms with van der Waals surface area (Å²) in [6.45, 7) is 0. The molecule has 0 N–H and O–H groups in total. The smallest absolute Gasteiger partial charge is 0.265 e. The van der Waals surface area contributed by atoms with E-state index in [1.54, 1.807) is 0 Å². The summed E-state index contributed by atoms with van der Waals surface area (Å²) in [7, 11) is 0. The van der Waals surface area contributed by atoms with E-state index in [1.807, 2.05) is 102 Å². The minimum atomic E-state index is -0.0674. The Morgan fingerprint density at radius 3 is 1.60 bits per heavy atom. The molecule has 0 atom stereocenters. The van der Waals surface area contributed by atoms with Crippen LogP contribution in [0.1, 0.15) is 0 Å². The Hall–Kier alpha value is -7.31. The van der Waals surface area contributed by atoms with Gasteiger partial charge in [0.2, 0.25) is 5.95 Å². The van der Waals surface area contributed by atoms with Gasteiger partial charge in [-0.1, -0.05) is 121 Å². The molecule has 0 aliphatic carbocycles. The van der Waals surface area contributed by atoms with Crippen molar-refractivity contribution in [3.8, 4) is 28.6 Å². The van der Waals surface area contributed by atoms with Crippen molar-refractivity contribution in [2.45, 2.75) is 0 Å². The van der Waals surface area contributed by atoms with Crippen LogP contribution in [0.25, 0.3) is 94.0 Å². The maximum absolute atomic E-state index is 15.3. The molecule has 0 saturated heterocycles. The van der Waals surface area contributed by atoms with Crippen molar-refractivity contribution in [1.82, 2.24) is 23.7 Å². The molecule has 0 aliphatic rings. The molecule has 0 spiro atoms. The van der Waals surface area contributed by atoms with Gasteiger partial charge in [0, 0.05) is 43.9 Å². The Balaban J connectivity index is 1.36. The van der Waals surface area contributed by atoms with Crippen LogP contribution in [-0.2, 0) is 0 Å². The highest BCUT2D eigenvalue weighted by atomic mass is 16.1. The third-order valence-electron chi connectivity index (χ3n) is 10.5. The molecule has 0 bridgehead atoms. The van der Waals surface area contributed by atoms with Crippen molar-refractivity contribution >= 4 is 65.4 Å². The normalized spacial score (nSPS) is 11.8. The minimum absolute atomic E-state index is 0.0674. The molecule has 6 heteroatoms. The first-order valence-electron chi connectivity index (χ1n) is 17.7. The van der Waals surface area contributed by atoms with Crippen LogP contribution >= 0.6 is 0 Å². The Kier molecular flexibility index (Phi) is 6.30. The number of pyridine rings is 1. The number of rotatable bonds is 4. The van der Waals surface area contributed by atoms with E-state index in [0.717, 1.165) is 82.7 Å². The summed E-state index contributed by atoms with van der Waals surface area (Å²) in [4.78, 5) is 25.8. The third-order valence-corrected chi connectivity index (χ3v) is 10.5. The summed E-state index contributed by atoms with van der Waals surface area (Å²) < 4.78 is 6.28. The van der Waals surface area contributed by atoms with Crippen LogP contribution in [0.5, 0.6) is 0 Å². The lowest BCUT2D eigenvalue weighted by Gasteiger charge is -2.14. The van der Waals surface area contributed by atoms with Crippen LogP contribution in [0.15, 0.2) is 181 Å². The quantitative estimate of drug-likeness (QED) is 0.186. The predicted molar refractivity (Wildman–Crippen MR) is 217 cm³/mol. The van der Waals surface area contributed by atoms with Gasteiger partial charge in [0.15, 0.2) is 0 Å². The fourth-order valence-electron chi connectivity index (χ4n) is 8.27. The van der Waals surface area contributed by atoms with Crippen LogP contribution in [0.2, 0.25) is 0 Å². The van der Waals surface area contributed by atoms with E-state index in [2.05, 4.69) is 88.0 Å². The second kappa shape index (κ2) is 11.4. The molecule has 6 nitrogen and oxygen atoms in total. The van der Waals surface area contributed by atoms with Crippen molar-refractivity contribution in [1.29, 1.82) is 0 Å². The highest BCUT2D eigenvalue weighted by Gasteiger charge is 2.26. The first-order valence-corrected chi connectivity index (χ1v) is 17.7. The summed E-state index contributed by atoms with van der Waals surface area (Å²) in [5, 5.41) is 5.57. The molecule has 0 unspecified atom stereocenters. The van der Waals surface area contributed by atoms with E-state index in [9.17, 15) is 0 Å². The second-order valence-electron chi connectivity index (χ2n) is 13.3. The summed E-state index contributed by atoms with van der Waals surface area (Å²) in [6, 6.07) is 59.7. The highest BCUT2D eigenvalue weighted by Crippen LogP contribution is 2.43. The average molecular weight is 680 g/mol. The molecule has 0 radical (unpaired) electrons. The summed E-state index contributed by atoms with van der Waals surface area (Å²) in [5.74, 6) is 0.576. The van der Waals surface area contributed by atoms with Crippen molar-refractivity contribution in [3.05, 3.63) is 186 Å². The average Bonchev–Trinajstić information content (AvgIpc) is 3.75. The second-order valence-corrected chi connectivity index (χ2v) is 13.3. The zero-order valence-corrected chi connectivity index (χ0v) is 28.4. The van der Waals surface area contributed by atoms with Gasteiger partial charge in [-0.2, -0.15) is 0 Å². The molecular weight excluding hydrogens is 651 g/mol. The number of hydrogen-bond acceptors (Lipinski definition) is 3. The number of para-hydroxylation sites is 5. The van der Waals surface area contributed by atoms with E-state index >= 15 is 4.79 Å². The molecule has 0 saturated carbocycles. The molecule has 4 aromatic heterocycles. The molecule has 0 amide bonds. The first kappa shape index (κ1) is 29.4. The van der Waals surface area contributed by atoms with Crippen molar-refractivity contribution in [2.75, 3.05) is 0 Å². The number of fused-ring (bicyclic) bond motifs is 10. The van der Waals surface area contributed by atoms with Gasteiger partial charge in [-0.05, 0) is 54.6 Å². The number of hydrogen-bond donors (Lipinski definition) is 0. The molecule has 11 rings (SSSR count). The Labute approximate surface area is 303 Å². The maximum atomic E-state index is 15.3. The fraction of sp³-hybridized carbons (Fsp3) is 0. The molecule has 4 heterocycles. The molecule has 53 heavy (non-hydrogen) atoms. The highest BCUT2D eigenvalue weighted by molar-refractivity contribution is 6.31. The van der Waals surface area contributed by atoms with Crippen LogP contribution in [0.3, 0.4) is 0 Å². The van der Waals surface area contributed by atoms with Gasteiger partial charge in [-0.3, -0.25) is 13.9 Å². The minimum Gasteiger partial charge on any atom is -0.308 e. The van der Waals surface area contributed by atoms with E-state index in [4.69, 9.17) is 9.97 Å². The molecule has 7 aromatic carbocycles. The van der Waals surface area contributed by atoms with Crippen molar-refractivity contribution in [3.63, 3.8) is 0 Å². The number of nitrogens with zero attached hydrogens (tertiary/aromatic N) is 5. The van der Waals surface area contributed by atoms with Crippen molar-refractivity contribution < 1.29 is 0 Å². The fourth-order valence-corrected chi connectivity index (χ4v) is 8.27. The van der Waals surface area contributed by atoms with Gasteiger partial charge in [0.05, 0.1) is 44.2 Å². The Bertz CT molecular complexity index is 3290. The van der Waals surface area contributed by atoms with E-state index in [-0.39, 0.29) is 5.56 Å². The van der Waals surface area contributed by atoms with E-state index < -0.39 is 0 Å². The zero-order valence-electron chi connectivity index (χ0n) is 28.4. The zero-order chi connectivity index (χ0) is 35.0. The van der Waals surface area contributed by atoms with Gasteiger partial charge in [-0.25, -0.2) is 9.97 Å². The Morgan fingerprint density at radius 2 is 0.906 bits per heavy atom.